The number of aromatic nitrogens is 1. The summed E-state index contributed by atoms with van der Waals surface area (Å²) in [5.41, 5.74) is 2.27. The van der Waals surface area contributed by atoms with Gasteiger partial charge in [0.15, 0.2) is 0 Å². The van der Waals surface area contributed by atoms with Crippen molar-refractivity contribution in [2.75, 3.05) is 11.9 Å². The molecule has 0 aliphatic heterocycles. The van der Waals surface area contributed by atoms with Crippen LogP contribution >= 0.6 is 11.6 Å². The predicted octanol–water partition coefficient (Wildman–Crippen LogP) is 4.17. The molecule has 5 heteroatoms. The van der Waals surface area contributed by atoms with Gasteiger partial charge in [-0.1, -0.05) is 23.7 Å². The van der Waals surface area contributed by atoms with E-state index in [0.717, 1.165) is 16.6 Å². The third-order valence-electron chi connectivity index (χ3n) is 3.49. The Kier molecular flexibility index (Phi) is 4.22. The number of aliphatic hydroxyl groups is 1. The number of hydrogen-bond acceptors (Lipinski definition) is 3. The van der Waals surface area contributed by atoms with Crippen molar-refractivity contribution in [2.45, 2.75) is 6.04 Å². The van der Waals surface area contributed by atoms with Gasteiger partial charge >= 0.3 is 0 Å². The lowest BCUT2D eigenvalue weighted by Gasteiger charge is -2.19. The van der Waals surface area contributed by atoms with Gasteiger partial charge in [0.2, 0.25) is 0 Å². The van der Waals surface area contributed by atoms with Gasteiger partial charge < -0.3 is 10.4 Å². The minimum Gasteiger partial charge on any atom is -0.394 e. The highest BCUT2D eigenvalue weighted by molar-refractivity contribution is 6.30. The maximum atomic E-state index is 13.3. The molecule has 3 nitrogen and oxygen atoms in total. The van der Waals surface area contributed by atoms with Gasteiger partial charge in [0.05, 0.1) is 18.2 Å². The number of nitrogens with one attached hydrogen (secondary N) is 1. The maximum absolute atomic E-state index is 13.3. The quantitative estimate of drug-likeness (QED) is 0.759. The van der Waals surface area contributed by atoms with Crippen LogP contribution in [0.4, 0.5) is 10.1 Å². The molecule has 2 aromatic carbocycles. The molecule has 0 aliphatic rings. The van der Waals surface area contributed by atoms with Crippen molar-refractivity contribution in [3.05, 3.63) is 71.1 Å². The van der Waals surface area contributed by atoms with Gasteiger partial charge in [0, 0.05) is 28.4 Å². The summed E-state index contributed by atoms with van der Waals surface area (Å²) in [6.07, 6.45) is 1.61. The SMILES string of the molecule is OCC(Nc1ccnc2cc(F)ccc12)c1ccc(Cl)cc1. The molecule has 1 atom stereocenters. The predicted molar refractivity (Wildman–Crippen MR) is 86.6 cm³/mol. The Hall–Kier alpha value is -2.17. The number of fused-ring (bicyclic) bond motifs is 1. The zero-order chi connectivity index (χ0) is 15.5. The van der Waals surface area contributed by atoms with Crippen LogP contribution in [0.25, 0.3) is 10.9 Å². The Morgan fingerprint density at radius 1 is 1.14 bits per heavy atom. The fraction of sp³-hybridized carbons (Fsp3) is 0.118. The molecule has 0 amide bonds. The fourth-order valence-corrected chi connectivity index (χ4v) is 2.49. The second kappa shape index (κ2) is 6.30. The number of aliphatic hydroxyl groups excluding tert-OH is 1. The monoisotopic (exact) mass is 316 g/mol. The summed E-state index contributed by atoms with van der Waals surface area (Å²) in [6.45, 7) is -0.0767. The molecule has 1 aromatic heterocycles. The average molecular weight is 317 g/mol. The number of hydrogen-bond donors (Lipinski definition) is 2. The third-order valence-corrected chi connectivity index (χ3v) is 3.74. The number of benzene rings is 2. The van der Waals surface area contributed by atoms with E-state index in [-0.39, 0.29) is 18.5 Å². The van der Waals surface area contributed by atoms with E-state index in [0.29, 0.717) is 10.5 Å². The first-order valence-electron chi connectivity index (χ1n) is 6.84. The summed E-state index contributed by atoms with van der Waals surface area (Å²) in [6, 6.07) is 13.3. The smallest absolute Gasteiger partial charge is 0.125 e. The normalized spacial score (nSPS) is 12.3. The summed E-state index contributed by atoms with van der Waals surface area (Å²) in [5, 5.41) is 14.4. The molecule has 1 unspecified atom stereocenters. The van der Waals surface area contributed by atoms with Crippen molar-refractivity contribution in [3.8, 4) is 0 Å². The molecule has 3 aromatic rings. The van der Waals surface area contributed by atoms with E-state index in [1.54, 1.807) is 30.5 Å². The molecular formula is C17H14ClFN2O. The third kappa shape index (κ3) is 3.03. The van der Waals surface area contributed by atoms with E-state index in [9.17, 15) is 9.50 Å². The van der Waals surface area contributed by atoms with Crippen LogP contribution in [0.1, 0.15) is 11.6 Å². The maximum Gasteiger partial charge on any atom is 0.125 e. The lowest BCUT2D eigenvalue weighted by molar-refractivity contribution is 0.276. The highest BCUT2D eigenvalue weighted by Gasteiger charge is 2.12. The first-order valence-corrected chi connectivity index (χ1v) is 7.22. The summed E-state index contributed by atoms with van der Waals surface area (Å²) in [5.74, 6) is -0.325. The Morgan fingerprint density at radius 3 is 2.64 bits per heavy atom. The van der Waals surface area contributed by atoms with E-state index in [2.05, 4.69) is 10.3 Å². The molecule has 0 fully saturated rings. The van der Waals surface area contributed by atoms with Crippen molar-refractivity contribution < 1.29 is 9.50 Å². The van der Waals surface area contributed by atoms with Gasteiger partial charge in [-0.2, -0.15) is 0 Å². The summed E-state index contributed by atoms with van der Waals surface area (Å²) in [4.78, 5) is 4.16. The molecule has 3 rings (SSSR count). The standard InChI is InChI=1S/C17H14ClFN2O/c18-12-3-1-11(2-4-12)17(10-22)21-15-7-8-20-16-9-13(19)5-6-14(15)16/h1-9,17,22H,10H2,(H,20,21). The van der Waals surface area contributed by atoms with Crippen molar-refractivity contribution in [2.24, 2.45) is 0 Å². The minimum atomic E-state index is -0.325. The highest BCUT2D eigenvalue weighted by atomic mass is 35.5. The van der Waals surface area contributed by atoms with Gasteiger partial charge in [-0.3, -0.25) is 4.98 Å². The topological polar surface area (TPSA) is 45.1 Å². The average Bonchev–Trinajstić information content (AvgIpc) is 2.53. The second-order valence-electron chi connectivity index (χ2n) is 4.95. The fourth-order valence-electron chi connectivity index (χ4n) is 2.36. The van der Waals surface area contributed by atoms with Gasteiger partial charge in [-0.25, -0.2) is 4.39 Å². The minimum absolute atomic E-state index is 0.0767. The highest BCUT2D eigenvalue weighted by Crippen LogP contribution is 2.27. The molecule has 22 heavy (non-hydrogen) atoms. The summed E-state index contributed by atoms with van der Waals surface area (Å²) < 4.78 is 13.3. The lowest BCUT2D eigenvalue weighted by Crippen LogP contribution is -2.15. The van der Waals surface area contributed by atoms with Crippen LogP contribution in [0.15, 0.2) is 54.7 Å². The number of halogens is 2. The van der Waals surface area contributed by atoms with E-state index < -0.39 is 0 Å². The number of nitrogens with zero attached hydrogens (tertiary/aromatic N) is 1. The number of pyridine rings is 1. The van der Waals surface area contributed by atoms with E-state index in [4.69, 9.17) is 11.6 Å². The Balaban J connectivity index is 1.95. The number of rotatable bonds is 4. The van der Waals surface area contributed by atoms with Gasteiger partial charge in [-0.05, 0) is 35.9 Å². The molecule has 112 valence electrons. The van der Waals surface area contributed by atoms with E-state index in [1.165, 1.54) is 12.1 Å². The molecular weight excluding hydrogens is 303 g/mol. The molecule has 0 aliphatic carbocycles. The van der Waals surface area contributed by atoms with Gasteiger partial charge in [-0.15, -0.1) is 0 Å². The van der Waals surface area contributed by atoms with E-state index >= 15 is 0 Å². The zero-order valence-electron chi connectivity index (χ0n) is 11.6. The lowest BCUT2D eigenvalue weighted by atomic mass is 10.1. The molecule has 0 bridgehead atoms. The first kappa shape index (κ1) is 14.8. The largest absolute Gasteiger partial charge is 0.394 e. The molecule has 0 saturated heterocycles. The number of anilines is 1. The Morgan fingerprint density at radius 2 is 1.91 bits per heavy atom. The Labute approximate surface area is 132 Å². The van der Waals surface area contributed by atoms with Crippen molar-refractivity contribution >= 4 is 28.2 Å². The van der Waals surface area contributed by atoms with Crippen molar-refractivity contribution in [1.29, 1.82) is 0 Å². The van der Waals surface area contributed by atoms with Crippen LogP contribution in [-0.4, -0.2) is 16.7 Å². The van der Waals surface area contributed by atoms with Crippen LogP contribution in [0, 0.1) is 5.82 Å². The van der Waals surface area contributed by atoms with Crippen molar-refractivity contribution in [1.82, 2.24) is 4.98 Å². The van der Waals surface area contributed by atoms with E-state index in [1.807, 2.05) is 12.1 Å². The molecule has 0 radical (unpaired) electrons. The van der Waals surface area contributed by atoms with Gasteiger partial charge in [0.1, 0.15) is 5.82 Å². The first-order chi connectivity index (χ1) is 10.7. The summed E-state index contributed by atoms with van der Waals surface area (Å²) >= 11 is 5.89. The molecule has 2 N–H and O–H groups in total. The van der Waals surface area contributed by atoms with Crippen LogP contribution < -0.4 is 5.32 Å². The van der Waals surface area contributed by atoms with Crippen LogP contribution in [0.5, 0.6) is 0 Å². The molecule has 0 spiro atoms. The molecule has 1 heterocycles. The molecule has 0 saturated carbocycles. The van der Waals surface area contributed by atoms with Crippen LogP contribution in [-0.2, 0) is 0 Å². The van der Waals surface area contributed by atoms with Crippen LogP contribution in [0.2, 0.25) is 5.02 Å². The zero-order valence-corrected chi connectivity index (χ0v) is 12.4. The van der Waals surface area contributed by atoms with Crippen LogP contribution in [0.3, 0.4) is 0 Å². The van der Waals surface area contributed by atoms with Crippen molar-refractivity contribution in [3.63, 3.8) is 0 Å². The summed E-state index contributed by atoms with van der Waals surface area (Å²) in [7, 11) is 0. The van der Waals surface area contributed by atoms with Gasteiger partial charge in [0.25, 0.3) is 0 Å². The Bertz CT molecular complexity index is 792. The second-order valence-corrected chi connectivity index (χ2v) is 5.39.